The minimum Gasteiger partial charge on any atom is -0.223 e. The van der Waals surface area contributed by atoms with Gasteiger partial charge in [-0.1, -0.05) is 17.7 Å². The van der Waals surface area contributed by atoms with E-state index in [-0.39, 0.29) is 0 Å². The van der Waals surface area contributed by atoms with Crippen LogP contribution in [0.1, 0.15) is 5.56 Å². The summed E-state index contributed by atoms with van der Waals surface area (Å²) in [5, 5.41) is 12.0. The number of tetrazole rings is 1. The molecule has 2 rings (SSSR count). The molecule has 0 aliphatic carbocycles. The van der Waals surface area contributed by atoms with Crippen molar-refractivity contribution in [1.82, 2.24) is 20.2 Å². The van der Waals surface area contributed by atoms with Gasteiger partial charge < -0.3 is 0 Å². The molecule has 1 aromatic carbocycles. The van der Waals surface area contributed by atoms with Crippen molar-refractivity contribution in [2.75, 3.05) is 0 Å². The summed E-state index contributed by atoms with van der Waals surface area (Å²) in [4.78, 5) is 1.20. The number of benzene rings is 1. The Hall–Kier alpha value is -1.01. The maximum absolute atomic E-state index is 3.89. The van der Waals surface area contributed by atoms with Crippen LogP contribution in [0.4, 0.5) is 0 Å². The first-order valence-electron chi connectivity index (χ1n) is 4.39. The molecule has 78 valence electrons. The molecule has 0 saturated carbocycles. The highest BCUT2D eigenvalue weighted by atomic mass is 33.1. The molecule has 1 aromatic heterocycles. The first-order valence-corrected chi connectivity index (χ1v) is 6.54. The van der Waals surface area contributed by atoms with E-state index in [0.29, 0.717) is 0 Å². The molecule has 0 fully saturated rings. The summed E-state index contributed by atoms with van der Waals surface area (Å²) >= 11 is 0. The Morgan fingerprint density at radius 2 is 1.87 bits per heavy atom. The van der Waals surface area contributed by atoms with E-state index >= 15 is 0 Å². The van der Waals surface area contributed by atoms with Gasteiger partial charge in [0.2, 0.25) is 5.16 Å². The van der Waals surface area contributed by atoms with Gasteiger partial charge in [-0.25, -0.2) is 4.68 Å². The lowest BCUT2D eigenvalue weighted by atomic mass is 10.2. The smallest absolute Gasteiger partial charge is 0.220 e. The van der Waals surface area contributed by atoms with Crippen LogP contribution in [-0.4, -0.2) is 20.2 Å². The number of hydrogen-bond donors (Lipinski definition) is 0. The third-order valence-electron chi connectivity index (χ3n) is 1.81. The van der Waals surface area contributed by atoms with E-state index in [1.54, 1.807) is 26.3 Å². The van der Waals surface area contributed by atoms with Crippen molar-refractivity contribution in [3.8, 4) is 0 Å². The molecule has 0 saturated heterocycles. The molecular weight excluding hydrogens is 228 g/mol. The zero-order valence-electron chi connectivity index (χ0n) is 8.41. The van der Waals surface area contributed by atoms with E-state index < -0.39 is 0 Å². The van der Waals surface area contributed by atoms with Gasteiger partial charge in [-0.2, -0.15) is 0 Å². The van der Waals surface area contributed by atoms with Crippen molar-refractivity contribution in [3.05, 3.63) is 29.8 Å². The lowest BCUT2D eigenvalue weighted by Crippen LogP contribution is -1.91. The molecule has 0 unspecified atom stereocenters. The quantitative estimate of drug-likeness (QED) is 0.768. The molecule has 0 aliphatic rings. The van der Waals surface area contributed by atoms with Gasteiger partial charge in [0.15, 0.2) is 0 Å². The van der Waals surface area contributed by atoms with E-state index in [1.165, 1.54) is 10.5 Å². The zero-order valence-corrected chi connectivity index (χ0v) is 10.0. The fourth-order valence-electron chi connectivity index (χ4n) is 0.971. The topological polar surface area (TPSA) is 43.6 Å². The van der Waals surface area contributed by atoms with Crippen LogP contribution in [0.2, 0.25) is 0 Å². The predicted molar refractivity (Wildman–Crippen MR) is 61.7 cm³/mol. The third-order valence-corrected chi connectivity index (χ3v) is 4.13. The molecule has 0 radical (unpaired) electrons. The Bertz CT molecular complexity index is 438. The summed E-state index contributed by atoms with van der Waals surface area (Å²) in [5.74, 6) is 0. The Morgan fingerprint density at radius 3 is 2.47 bits per heavy atom. The summed E-state index contributed by atoms with van der Waals surface area (Å²) in [6, 6.07) is 8.38. The monoisotopic (exact) mass is 238 g/mol. The molecule has 1 heterocycles. The molecule has 0 N–H and O–H groups in total. The molecule has 4 nitrogen and oxygen atoms in total. The van der Waals surface area contributed by atoms with Gasteiger partial charge in [0.1, 0.15) is 0 Å². The van der Waals surface area contributed by atoms with E-state index in [4.69, 9.17) is 0 Å². The fourth-order valence-corrected chi connectivity index (χ4v) is 2.87. The molecule has 0 atom stereocenters. The molecule has 0 bridgehead atoms. The number of aromatic nitrogens is 4. The first kappa shape index (κ1) is 10.5. The van der Waals surface area contributed by atoms with Crippen LogP contribution in [0.5, 0.6) is 0 Å². The Morgan fingerprint density at radius 1 is 1.13 bits per heavy atom. The Balaban J connectivity index is 1.99. The molecular formula is C9H10N4S2. The van der Waals surface area contributed by atoms with Crippen molar-refractivity contribution in [1.29, 1.82) is 0 Å². The van der Waals surface area contributed by atoms with Crippen LogP contribution in [0.25, 0.3) is 0 Å². The average molecular weight is 238 g/mol. The summed E-state index contributed by atoms with van der Waals surface area (Å²) in [7, 11) is 5.04. The number of rotatable bonds is 3. The molecule has 15 heavy (non-hydrogen) atoms. The summed E-state index contributed by atoms with van der Waals surface area (Å²) in [6.07, 6.45) is 0. The molecule has 0 aliphatic heterocycles. The van der Waals surface area contributed by atoms with Gasteiger partial charge in [0.05, 0.1) is 0 Å². The average Bonchev–Trinajstić information content (AvgIpc) is 2.63. The Kier molecular flexibility index (Phi) is 3.27. The van der Waals surface area contributed by atoms with Crippen LogP contribution in [0.15, 0.2) is 34.3 Å². The van der Waals surface area contributed by atoms with Gasteiger partial charge >= 0.3 is 0 Å². The van der Waals surface area contributed by atoms with Crippen LogP contribution in [0, 0.1) is 6.92 Å². The lowest BCUT2D eigenvalue weighted by molar-refractivity contribution is 0.666. The van der Waals surface area contributed by atoms with E-state index in [1.807, 2.05) is 7.05 Å². The molecule has 2 aromatic rings. The van der Waals surface area contributed by atoms with Gasteiger partial charge in [0, 0.05) is 11.9 Å². The largest absolute Gasteiger partial charge is 0.223 e. The van der Waals surface area contributed by atoms with E-state index in [9.17, 15) is 0 Å². The maximum Gasteiger partial charge on any atom is 0.220 e. The van der Waals surface area contributed by atoms with Crippen molar-refractivity contribution in [2.45, 2.75) is 17.0 Å². The van der Waals surface area contributed by atoms with E-state index in [0.717, 1.165) is 5.16 Å². The van der Waals surface area contributed by atoms with Crippen LogP contribution in [-0.2, 0) is 7.05 Å². The number of hydrogen-bond acceptors (Lipinski definition) is 5. The standard InChI is InChI=1S/C9H10N4S2/c1-7-3-5-8(6-4-7)14-15-9-10-11-12-13(9)2/h3-6H,1-2H3. The predicted octanol–water partition coefficient (Wildman–Crippen LogP) is 2.32. The van der Waals surface area contributed by atoms with Crippen LogP contribution >= 0.6 is 21.6 Å². The van der Waals surface area contributed by atoms with Crippen molar-refractivity contribution < 1.29 is 0 Å². The number of aryl methyl sites for hydroxylation is 2. The van der Waals surface area contributed by atoms with E-state index in [2.05, 4.69) is 46.7 Å². The fraction of sp³-hybridized carbons (Fsp3) is 0.222. The van der Waals surface area contributed by atoms with Crippen molar-refractivity contribution in [2.24, 2.45) is 7.05 Å². The van der Waals surface area contributed by atoms with Gasteiger partial charge in [-0.05, 0) is 51.1 Å². The van der Waals surface area contributed by atoms with Crippen LogP contribution in [0.3, 0.4) is 0 Å². The lowest BCUT2D eigenvalue weighted by Gasteiger charge is -1.99. The minimum atomic E-state index is 0.806. The second-order valence-electron chi connectivity index (χ2n) is 3.06. The van der Waals surface area contributed by atoms with Gasteiger partial charge in [-0.3, -0.25) is 0 Å². The molecule has 0 amide bonds. The highest BCUT2D eigenvalue weighted by molar-refractivity contribution is 8.76. The zero-order chi connectivity index (χ0) is 10.7. The number of nitrogens with zero attached hydrogens (tertiary/aromatic N) is 4. The SMILES string of the molecule is Cc1ccc(SSc2nnnn2C)cc1. The summed E-state index contributed by atoms with van der Waals surface area (Å²) < 4.78 is 1.66. The summed E-state index contributed by atoms with van der Waals surface area (Å²) in [6.45, 7) is 2.08. The highest BCUT2D eigenvalue weighted by Gasteiger charge is 2.03. The first-order chi connectivity index (χ1) is 7.25. The Labute approximate surface area is 95.8 Å². The molecule has 6 heteroatoms. The minimum absolute atomic E-state index is 0.806. The van der Waals surface area contributed by atoms with Crippen molar-refractivity contribution >= 4 is 21.6 Å². The normalized spacial score (nSPS) is 10.5. The highest BCUT2D eigenvalue weighted by Crippen LogP contribution is 2.35. The van der Waals surface area contributed by atoms with Gasteiger partial charge in [-0.15, -0.1) is 5.10 Å². The maximum atomic E-state index is 3.89. The van der Waals surface area contributed by atoms with Crippen molar-refractivity contribution in [3.63, 3.8) is 0 Å². The molecule has 0 spiro atoms. The van der Waals surface area contributed by atoms with Gasteiger partial charge in [0.25, 0.3) is 0 Å². The summed E-state index contributed by atoms with van der Waals surface area (Å²) in [5.41, 5.74) is 1.27. The second-order valence-corrected chi connectivity index (χ2v) is 5.23. The second kappa shape index (κ2) is 4.67. The third kappa shape index (κ3) is 2.73. The van der Waals surface area contributed by atoms with Crippen LogP contribution < -0.4 is 0 Å².